The van der Waals surface area contributed by atoms with Crippen LogP contribution in [0.1, 0.15) is 25.0 Å². The summed E-state index contributed by atoms with van der Waals surface area (Å²) in [6.07, 6.45) is 5.41. The Hall–Kier alpha value is -0.910. The first kappa shape index (κ1) is 12.1. The highest BCUT2D eigenvalue weighted by molar-refractivity contribution is 4.98. The fourth-order valence-electron chi connectivity index (χ4n) is 2.88. The van der Waals surface area contributed by atoms with Crippen LogP contribution in [0.3, 0.4) is 0 Å². The van der Waals surface area contributed by atoms with Crippen molar-refractivity contribution in [2.24, 2.45) is 7.05 Å². The van der Waals surface area contributed by atoms with E-state index in [1.165, 1.54) is 0 Å². The monoisotopic (exact) mass is 251 g/mol. The van der Waals surface area contributed by atoms with Gasteiger partial charge in [-0.3, -0.25) is 4.68 Å². The molecule has 1 atom stereocenters. The van der Waals surface area contributed by atoms with Gasteiger partial charge in [0.25, 0.3) is 0 Å². The second kappa shape index (κ2) is 4.99. The van der Waals surface area contributed by atoms with E-state index in [9.17, 15) is 0 Å². The average Bonchev–Trinajstić information content (AvgIpc) is 2.96. The molecular weight excluding hydrogens is 230 g/mol. The molecule has 2 saturated heterocycles. The van der Waals surface area contributed by atoms with Crippen molar-refractivity contribution in [1.82, 2.24) is 15.1 Å². The molecule has 1 unspecified atom stereocenters. The van der Waals surface area contributed by atoms with Gasteiger partial charge in [0.1, 0.15) is 0 Å². The fraction of sp³-hybridized carbons (Fsp3) is 0.769. The van der Waals surface area contributed by atoms with Gasteiger partial charge in [0, 0.05) is 19.7 Å². The number of rotatable bonds is 3. The Bertz CT molecular complexity index is 399. The van der Waals surface area contributed by atoms with Crippen molar-refractivity contribution in [2.75, 3.05) is 19.7 Å². The molecule has 0 bridgehead atoms. The van der Waals surface area contributed by atoms with Crippen LogP contribution < -0.4 is 5.32 Å². The zero-order valence-corrected chi connectivity index (χ0v) is 10.9. The van der Waals surface area contributed by atoms with Crippen LogP contribution in [0.2, 0.25) is 0 Å². The molecular formula is C13H21N3O2. The molecule has 0 amide bonds. The highest BCUT2D eigenvalue weighted by Crippen LogP contribution is 2.35. The lowest BCUT2D eigenvalue weighted by Gasteiger charge is -2.32. The summed E-state index contributed by atoms with van der Waals surface area (Å²) in [7, 11) is 1.92. The molecule has 1 spiro atoms. The fourth-order valence-corrected chi connectivity index (χ4v) is 2.88. The summed E-state index contributed by atoms with van der Waals surface area (Å²) in [4.78, 5) is 0. The van der Waals surface area contributed by atoms with Crippen LogP contribution >= 0.6 is 0 Å². The molecule has 100 valence electrons. The molecule has 1 aromatic heterocycles. The lowest BCUT2D eigenvalue weighted by Crippen LogP contribution is -2.41. The maximum atomic E-state index is 6.00. The molecule has 0 aliphatic carbocycles. The van der Waals surface area contributed by atoms with Gasteiger partial charge in [-0.05, 0) is 32.0 Å². The number of hydrogen-bond acceptors (Lipinski definition) is 4. The summed E-state index contributed by atoms with van der Waals surface area (Å²) in [5, 5.41) is 7.69. The predicted molar refractivity (Wildman–Crippen MR) is 67.2 cm³/mol. The molecule has 3 heterocycles. The van der Waals surface area contributed by atoms with E-state index < -0.39 is 0 Å². The molecule has 2 fully saturated rings. The van der Waals surface area contributed by atoms with Crippen molar-refractivity contribution >= 4 is 0 Å². The lowest BCUT2D eigenvalue weighted by atomic mass is 9.89. The molecule has 0 saturated carbocycles. The van der Waals surface area contributed by atoms with Crippen molar-refractivity contribution in [1.29, 1.82) is 0 Å². The van der Waals surface area contributed by atoms with Gasteiger partial charge < -0.3 is 14.8 Å². The molecule has 5 nitrogen and oxygen atoms in total. The zero-order chi connectivity index (χ0) is 12.4. The van der Waals surface area contributed by atoms with E-state index in [4.69, 9.17) is 9.47 Å². The Morgan fingerprint density at radius 2 is 2.39 bits per heavy atom. The summed E-state index contributed by atoms with van der Waals surface area (Å²) >= 11 is 0. The van der Waals surface area contributed by atoms with Gasteiger partial charge in [0.15, 0.2) is 0 Å². The van der Waals surface area contributed by atoms with Gasteiger partial charge in [0.2, 0.25) is 0 Å². The van der Waals surface area contributed by atoms with Crippen molar-refractivity contribution in [3.63, 3.8) is 0 Å². The number of aryl methyl sites for hydroxylation is 1. The number of hydrogen-bond donors (Lipinski definition) is 1. The average molecular weight is 251 g/mol. The quantitative estimate of drug-likeness (QED) is 0.865. The van der Waals surface area contributed by atoms with Gasteiger partial charge in [-0.1, -0.05) is 0 Å². The molecule has 1 aromatic rings. The zero-order valence-electron chi connectivity index (χ0n) is 10.9. The highest BCUT2D eigenvalue weighted by atomic mass is 16.6. The standard InChI is InChI=1S/C13H21N3O2/c1-16-7-2-11(15-16)9-17-12-8-13(18-10-12)3-5-14-6-4-13/h2,7,12,14H,3-6,8-10H2,1H3. The Balaban J connectivity index is 1.50. The van der Waals surface area contributed by atoms with Crippen molar-refractivity contribution < 1.29 is 9.47 Å². The highest BCUT2D eigenvalue weighted by Gasteiger charge is 2.41. The smallest absolute Gasteiger partial charge is 0.0911 e. The van der Waals surface area contributed by atoms with Crippen LogP contribution in [0, 0.1) is 0 Å². The van der Waals surface area contributed by atoms with E-state index in [-0.39, 0.29) is 11.7 Å². The maximum absolute atomic E-state index is 6.00. The molecule has 0 aromatic carbocycles. The summed E-state index contributed by atoms with van der Waals surface area (Å²) in [5.74, 6) is 0. The first-order chi connectivity index (χ1) is 8.76. The maximum Gasteiger partial charge on any atom is 0.0911 e. The molecule has 1 N–H and O–H groups in total. The molecule has 3 rings (SSSR count). The normalized spacial score (nSPS) is 26.8. The summed E-state index contributed by atoms with van der Waals surface area (Å²) in [6.45, 7) is 3.44. The number of aromatic nitrogens is 2. The van der Waals surface area contributed by atoms with Gasteiger partial charge >= 0.3 is 0 Å². The molecule has 0 radical (unpaired) electrons. The van der Waals surface area contributed by atoms with Gasteiger partial charge in [-0.25, -0.2) is 0 Å². The molecule has 2 aliphatic rings. The summed E-state index contributed by atoms with van der Waals surface area (Å²) in [6, 6.07) is 2.00. The van der Waals surface area contributed by atoms with Gasteiger partial charge in [-0.2, -0.15) is 5.10 Å². The van der Waals surface area contributed by atoms with Crippen LogP contribution in [-0.2, 0) is 23.1 Å². The van der Waals surface area contributed by atoms with Crippen LogP contribution in [0.15, 0.2) is 12.3 Å². The third-order valence-corrected chi connectivity index (χ3v) is 3.93. The first-order valence-electron chi connectivity index (χ1n) is 6.71. The van der Waals surface area contributed by atoms with Crippen molar-refractivity contribution in [2.45, 2.75) is 37.6 Å². The van der Waals surface area contributed by atoms with E-state index >= 15 is 0 Å². The first-order valence-corrected chi connectivity index (χ1v) is 6.71. The summed E-state index contributed by atoms with van der Waals surface area (Å²) < 4.78 is 13.7. The van der Waals surface area contributed by atoms with Crippen LogP contribution in [0.5, 0.6) is 0 Å². The Kier molecular flexibility index (Phi) is 3.37. The van der Waals surface area contributed by atoms with Crippen molar-refractivity contribution in [3.8, 4) is 0 Å². The Morgan fingerprint density at radius 1 is 1.56 bits per heavy atom. The molecule has 5 heteroatoms. The molecule has 18 heavy (non-hydrogen) atoms. The minimum atomic E-state index is 0.0834. The van der Waals surface area contributed by atoms with E-state index in [2.05, 4.69) is 10.4 Å². The SMILES string of the molecule is Cn1ccc(COC2COC3(CCNCC3)C2)n1. The second-order valence-corrected chi connectivity index (χ2v) is 5.36. The van der Waals surface area contributed by atoms with Gasteiger partial charge in [-0.15, -0.1) is 0 Å². The number of nitrogens with zero attached hydrogens (tertiary/aromatic N) is 2. The van der Waals surface area contributed by atoms with Gasteiger partial charge in [0.05, 0.1) is 30.6 Å². The van der Waals surface area contributed by atoms with E-state index in [1.807, 2.05) is 19.3 Å². The summed E-state index contributed by atoms with van der Waals surface area (Å²) in [5.41, 5.74) is 1.07. The Morgan fingerprint density at radius 3 is 3.11 bits per heavy atom. The van der Waals surface area contributed by atoms with E-state index in [0.29, 0.717) is 6.61 Å². The number of piperidine rings is 1. The van der Waals surface area contributed by atoms with Crippen LogP contribution in [-0.4, -0.2) is 41.2 Å². The van der Waals surface area contributed by atoms with Crippen LogP contribution in [0.4, 0.5) is 0 Å². The molecule has 2 aliphatic heterocycles. The topological polar surface area (TPSA) is 48.3 Å². The second-order valence-electron chi connectivity index (χ2n) is 5.36. The minimum absolute atomic E-state index is 0.0834. The predicted octanol–water partition coefficient (Wildman–Crippen LogP) is 0.848. The van der Waals surface area contributed by atoms with E-state index in [1.54, 1.807) is 4.68 Å². The lowest BCUT2D eigenvalue weighted by molar-refractivity contribution is -0.0242. The van der Waals surface area contributed by atoms with Crippen molar-refractivity contribution in [3.05, 3.63) is 18.0 Å². The number of ether oxygens (including phenoxy) is 2. The van der Waals surface area contributed by atoms with Crippen LogP contribution in [0.25, 0.3) is 0 Å². The number of nitrogens with one attached hydrogen (secondary N) is 1. The third-order valence-electron chi connectivity index (χ3n) is 3.93. The minimum Gasteiger partial charge on any atom is -0.372 e. The third kappa shape index (κ3) is 2.58. The Labute approximate surface area is 107 Å². The largest absolute Gasteiger partial charge is 0.372 e. The van der Waals surface area contributed by atoms with E-state index in [0.717, 1.165) is 44.7 Å².